The van der Waals surface area contributed by atoms with E-state index in [1.54, 1.807) is 6.07 Å². The number of nitrogens with zero attached hydrogens (tertiary/aromatic N) is 1. The lowest BCUT2D eigenvalue weighted by Gasteiger charge is -2.05. The highest BCUT2D eigenvalue weighted by Gasteiger charge is 2.06. The van der Waals surface area contributed by atoms with E-state index >= 15 is 0 Å². The van der Waals surface area contributed by atoms with Crippen LogP contribution in [0.4, 0.5) is 4.39 Å². The van der Waals surface area contributed by atoms with Gasteiger partial charge in [0.1, 0.15) is 5.82 Å². The van der Waals surface area contributed by atoms with Crippen LogP contribution in [0.1, 0.15) is 18.1 Å². The van der Waals surface area contributed by atoms with E-state index in [0.717, 1.165) is 25.2 Å². The first-order chi connectivity index (χ1) is 10.8. The van der Waals surface area contributed by atoms with Crippen molar-refractivity contribution in [3.63, 3.8) is 0 Å². The maximum atomic E-state index is 13.6. The van der Waals surface area contributed by atoms with E-state index in [1.807, 2.05) is 12.1 Å². The third-order valence-corrected chi connectivity index (χ3v) is 4.06. The van der Waals surface area contributed by atoms with Crippen molar-refractivity contribution in [1.29, 1.82) is 0 Å². The van der Waals surface area contributed by atoms with Crippen molar-refractivity contribution in [3.8, 4) is 0 Å². The third-order valence-electron chi connectivity index (χ3n) is 4.06. The van der Waals surface area contributed by atoms with Crippen LogP contribution in [0.2, 0.25) is 0 Å². The van der Waals surface area contributed by atoms with Gasteiger partial charge in [-0.05, 0) is 43.1 Å². The fourth-order valence-electron chi connectivity index (χ4n) is 2.87. The second kappa shape index (κ2) is 6.75. The molecule has 0 atom stereocenters. The predicted octanol–water partition coefficient (Wildman–Crippen LogP) is 4.13. The van der Waals surface area contributed by atoms with Crippen LogP contribution >= 0.6 is 0 Å². The fourth-order valence-corrected chi connectivity index (χ4v) is 2.87. The molecule has 3 heteroatoms. The number of rotatable bonds is 6. The first-order valence-corrected chi connectivity index (χ1v) is 7.80. The molecule has 1 aromatic heterocycles. The van der Waals surface area contributed by atoms with E-state index in [9.17, 15) is 4.39 Å². The molecule has 0 aliphatic carbocycles. The van der Waals surface area contributed by atoms with Gasteiger partial charge in [0.2, 0.25) is 0 Å². The van der Waals surface area contributed by atoms with Crippen LogP contribution in [-0.2, 0) is 19.5 Å². The lowest BCUT2D eigenvalue weighted by Crippen LogP contribution is -2.17. The third kappa shape index (κ3) is 3.04. The Kier molecular flexibility index (Phi) is 4.54. The summed E-state index contributed by atoms with van der Waals surface area (Å²) in [5, 5.41) is 4.72. The van der Waals surface area contributed by atoms with E-state index in [2.05, 4.69) is 47.3 Å². The topological polar surface area (TPSA) is 17.0 Å². The molecule has 2 aromatic carbocycles. The van der Waals surface area contributed by atoms with Gasteiger partial charge in [-0.15, -0.1) is 0 Å². The molecule has 0 radical (unpaired) electrons. The van der Waals surface area contributed by atoms with Crippen molar-refractivity contribution in [2.24, 2.45) is 0 Å². The molecule has 0 saturated carbocycles. The summed E-state index contributed by atoms with van der Waals surface area (Å²) in [6.45, 7) is 4.70. The minimum atomic E-state index is -0.119. The first kappa shape index (κ1) is 14.8. The Morgan fingerprint density at radius 2 is 1.77 bits per heavy atom. The summed E-state index contributed by atoms with van der Waals surface area (Å²) in [4.78, 5) is 0. The molecule has 3 rings (SSSR count). The van der Waals surface area contributed by atoms with Gasteiger partial charge in [-0.3, -0.25) is 0 Å². The minimum Gasteiger partial charge on any atom is -0.347 e. The smallest absolute Gasteiger partial charge is 0.126 e. The van der Waals surface area contributed by atoms with Gasteiger partial charge in [0, 0.05) is 30.2 Å². The highest BCUT2D eigenvalue weighted by atomic mass is 19.1. The van der Waals surface area contributed by atoms with E-state index < -0.39 is 0 Å². The van der Waals surface area contributed by atoms with Crippen molar-refractivity contribution in [2.75, 3.05) is 6.54 Å². The Morgan fingerprint density at radius 1 is 1.00 bits per heavy atom. The zero-order chi connectivity index (χ0) is 15.4. The van der Waals surface area contributed by atoms with Crippen molar-refractivity contribution in [2.45, 2.75) is 26.4 Å². The highest BCUT2D eigenvalue weighted by Crippen LogP contribution is 2.21. The van der Waals surface area contributed by atoms with Crippen LogP contribution in [0, 0.1) is 5.82 Å². The van der Waals surface area contributed by atoms with Crippen LogP contribution in [0.5, 0.6) is 0 Å². The minimum absolute atomic E-state index is 0.119. The van der Waals surface area contributed by atoms with Gasteiger partial charge >= 0.3 is 0 Å². The van der Waals surface area contributed by atoms with Gasteiger partial charge in [-0.25, -0.2) is 4.39 Å². The molecule has 0 aliphatic heterocycles. The van der Waals surface area contributed by atoms with Crippen molar-refractivity contribution in [3.05, 3.63) is 71.7 Å². The Labute approximate surface area is 130 Å². The van der Waals surface area contributed by atoms with Crippen molar-refractivity contribution >= 4 is 10.9 Å². The molecular weight excluding hydrogens is 275 g/mol. The molecular formula is C19H21FN2. The largest absolute Gasteiger partial charge is 0.347 e. The average molecular weight is 296 g/mol. The maximum Gasteiger partial charge on any atom is 0.126 e. The van der Waals surface area contributed by atoms with E-state index in [1.165, 1.54) is 22.5 Å². The number of aryl methyl sites for hydroxylation is 1. The van der Waals surface area contributed by atoms with Gasteiger partial charge in [0.25, 0.3) is 0 Å². The maximum absolute atomic E-state index is 13.6. The number of hydrogen-bond acceptors (Lipinski definition) is 1. The molecule has 0 unspecified atom stereocenters. The molecule has 0 amide bonds. The number of benzene rings is 2. The Balaban J connectivity index is 1.64. The van der Waals surface area contributed by atoms with Gasteiger partial charge in [0.15, 0.2) is 0 Å². The summed E-state index contributed by atoms with van der Waals surface area (Å²) in [5.74, 6) is -0.119. The number of hydrogen-bond donors (Lipinski definition) is 1. The summed E-state index contributed by atoms with van der Waals surface area (Å²) in [6, 6.07) is 15.4. The summed E-state index contributed by atoms with van der Waals surface area (Å²) in [5.41, 5.74) is 3.34. The number of nitrogens with one attached hydrogen (secondary N) is 1. The molecule has 0 fully saturated rings. The molecule has 3 aromatic rings. The molecule has 1 N–H and O–H groups in total. The zero-order valence-electron chi connectivity index (χ0n) is 12.8. The first-order valence-electron chi connectivity index (χ1n) is 7.80. The van der Waals surface area contributed by atoms with Gasteiger partial charge in [-0.2, -0.15) is 0 Å². The standard InChI is InChI=1S/C19H21FN2/c1-2-22-14-16(17-8-4-6-10-19(17)22)13-21-12-11-15-7-3-5-9-18(15)20/h3-10,14,21H,2,11-13H2,1H3. The Bertz CT molecular complexity index is 761. The summed E-state index contributed by atoms with van der Waals surface area (Å²) >= 11 is 0. The highest BCUT2D eigenvalue weighted by molar-refractivity contribution is 5.83. The number of halogens is 1. The SMILES string of the molecule is CCn1cc(CNCCc2ccccc2F)c2ccccc21. The van der Waals surface area contributed by atoms with E-state index in [4.69, 9.17) is 0 Å². The normalized spacial score (nSPS) is 11.2. The molecule has 114 valence electrons. The number of aromatic nitrogens is 1. The zero-order valence-corrected chi connectivity index (χ0v) is 12.8. The van der Waals surface area contributed by atoms with E-state index in [-0.39, 0.29) is 5.82 Å². The summed E-state index contributed by atoms with van der Waals surface area (Å²) in [6.07, 6.45) is 2.92. The van der Waals surface area contributed by atoms with Crippen LogP contribution in [0.15, 0.2) is 54.7 Å². The molecule has 0 aliphatic rings. The van der Waals surface area contributed by atoms with Crippen LogP contribution < -0.4 is 5.32 Å². The number of fused-ring (bicyclic) bond motifs is 1. The molecule has 2 nitrogen and oxygen atoms in total. The molecule has 0 saturated heterocycles. The second-order valence-electron chi connectivity index (χ2n) is 5.48. The van der Waals surface area contributed by atoms with Crippen molar-refractivity contribution < 1.29 is 4.39 Å². The van der Waals surface area contributed by atoms with Crippen LogP contribution in [-0.4, -0.2) is 11.1 Å². The van der Waals surface area contributed by atoms with Gasteiger partial charge < -0.3 is 9.88 Å². The van der Waals surface area contributed by atoms with Crippen LogP contribution in [0.3, 0.4) is 0 Å². The molecule has 0 spiro atoms. The molecule has 22 heavy (non-hydrogen) atoms. The fraction of sp³-hybridized carbons (Fsp3) is 0.263. The monoisotopic (exact) mass is 296 g/mol. The lowest BCUT2D eigenvalue weighted by molar-refractivity contribution is 0.598. The van der Waals surface area contributed by atoms with Crippen molar-refractivity contribution in [1.82, 2.24) is 9.88 Å². The Hall–Kier alpha value is -2.13. The van der Waals surface area contributed by atoms with E-state index in [0.29, 0.717) is 6.42 Å². The number of para-hydroxylation sites is 1. The second-order valence-corrected chi connectivity index (χ2v) is 5.48. The predicted molar refractivity (Wildman–Crippen MR) is 89.4 cm³/mol. The average Bonchev–Trinajstić information content (AvgIpc) is 2.91. The molecule has 1 heterocycles. The Morgan fingerprint density at radius 3 is 2.59 bits per heavy atom. The van der Waals surface area contributed by atoms with Gasteiger partial charge in [-0.1, -0.05) is 36.4 Å². The quantitative estimate of drug-likeness (QED) is 0.677. The summed E-state index contributed by atoms with van der Waals surface area (Å²) < 4.78 is 15.8. The lowest BCUT2D eigenvalue weighted by atomic mass is 10.1. The molecule has 0 bridgehead atoms. The summed E-state index contributed by atoms with van der Waals surface area (Å²) in [7, 11) is 0. The van der Waals surface area contributed by atoms with Crippen LogP contribution in [0.25, 0.3) is 10.9 Å². The van der Waals surface area contributed by atoms with Gasteiger partial charge in [0.05, 0.1) is 0 Å².